The molecule has 0 aliphatic carbocycles. The fourth-order valence-electron chi connectivity index (χ4n) is 2.58. The standard InChI is InChI=1S/C13H16ClN5O2S2/c1-9-11(22-12(14)17-9)23(20,21)18-10-4-2-7-19(8-10)13-15-5-3-6-16-13/h3,5-6,10,18H,2,4,7-8H2,1H3/t10-/m0/s1. The molecule has 1 saturated heterocycles. The fourth-order valence-corrected chi connectivity index (χ4v) is 5.60. The SMILES string of the molecule is Cc1nc(Cl)sc1S(=O)(=O)N[C@H]1CCCN(c2ncccn2)C1. The Labute approximate surface area is 143 Å². The van der Waals surface area contributed by atoms with Crippen molar-refractivity contribution in [3.63, 3.8) is 0 Å². The lowest BCUT2D eigenvalue weighted by molar-refractivity contribution is 0.462. The average molecular weight is 374 g/mol. The van der Waals surface area contributed by atoms with Gasteiger partial charge in [0.25, 0.3) is 10.0 Å². The summed E-state index contributed by atoms with van der Waals surface area (Å²) in [5.74, 6) is 0.619. The van der Waals surface area contributed by atoms with Crippen LogP contribution in [0.15, 0.2) is 22.7 Å². The van der Waals surface area contributed by atoms with E-state index in [1.807, 2.05) is 4.90 Å². The Morgan fingerprint density at radius 3 is 2.78 bits per heavy atom. The number of piperidine rings is 1. The lowest BCUT2D eigenvalue weighted by Gasteiger charge is -2.32. The lowest BCUT2D eigenvalue weighted by atomic mass is 10.1. The van der Waals surface area contributed by atoms with Crippen LogP contribution in [-0.4, -0.2) is 42.5 Å². The number of hydrogen-bond acceptors (Lipinski definition) is 7. The highest BCUT2D eigenvalue weighted by Crippen LogP contribution is 2.27. The van der Waals surface area contributed by atoms with Crippen molar-refractivity contribution in [2.45, 2.75) is 30.0 Å². The molecule has 1 N–H and O–H groups in total. The predicted molar refractivity (Wildman–Crippen MR) is 89.4 cm³/mol. The molecule has 0 unspecified atom stereocenters. The molecular formula is C13H16ClN5O2S2. The summed E-state index contributed by atoms with van der Waals surface area (Å²) in [5, 5.41) is 0. The predicted octanol–water partition coefficient (Wildman–Crippen LogP) is 1.84. The maximum Gasteiger partial charge on any atom is 0.252 e. The van der Waals surface area contributed by atoms with Crippen molar-refractivity contribution >= 4 is 38.9 Å². The first-order valence-electron chi connectivity index (χ1n) is 7.13. The Morgan fingerprint density at radius 2 is 2.13 bits per heavy atom. The van der Waals surface area contributed by atoms with E-state index in [-0.39, 0.29) is 14.7 Å². The molecule has 2 aromatic rings. The molecule has 3 heterocycles. The summed E-state index contributed by atoms with van der Waals surface area (Å²) in [6.07, 6.45) is 5.00. The summed E-state index contributed by atoms with van der Waals surface area (Å²) >= 11 is 6.78. The molecule has 0 amide bonds. The van der Waals surface area contributed by atoms with Crippen LogP contribution in [0.4, 0.5) is 5.95 Å². The van der Waals surface area contributed by atoms with Crippen LogP contribution in [0, 0.1) is 6.92 Å². The second kappa shape index (κ2) is 6.68. The fraction of sp³-hybridized carbons (Fsp3) is 0.462. The Balaban J connectivity index is 1.74. The Hall–Kier alpha value is -1.29. The number of thiazole rings is 1. The van der Waals surface area contributed by atoms with Gasteiger partial charge in [0.1, 0.15) is 0 Å². The maximum atomic E-state index is 12.5. The lowest BCUT2D eigenvalue weighted by Crippen LogP contribution is -2.48. The summed E-state index contributed by atoms with van der Waals surface area (Å²) in [6, 6.07) is 1.56. The van der Waals surface area contributed by atoms with Gasteiger partial charge in [-0.05, 0) is 25.8 Å². The van der Waals surface area contributed by atoms with Gasteiger partial charge in [0.2, 0.25) is 5.95 Å². The van der Waals surface area contributed by atoms with E-state index < -0.39 is 10.0 Å². The first kappa shape index (κ1) is 16.6. The molecule has 1 aliphatic rings. The number of nitrogens with zero attached hydrogens (tertiary/aromatic N) is 4. The molecule has 1 atom stereocenters. The quantitative estimate of drug-likeness (QED) is 0.879. The van der Waals surface area contributed by atoms with Gasteiger partial charge >= 0.3 is 0 Å². The minimum Gasteiger partial charge on any atom is -0.339 e. The van der Waals surface area contributed by atoms with Crippen LogP contribution in [-0.2, 0) is 10.0 Å². The monoisotopic (exact) mass is 373 g/mol. The largest absolute Gasteiger partial charge is 0.339 e. The maximum absolute atomic E-state index is 12.5. The van der Waals surface area contributed by atoms with Crippen LogP contribution >= 0.6 is 22.9 Å². The van der Waals surface area contributed by atoms with Crippen LogP contribution in [0.3, 0.4) is 0 Å². The summed E-state index contributed by atoms with van der Waals surface area (Å²) in [4.78, 5) is 14.4. The zero-order valence-electron chi connectivity index (χ0n) is 12.4. The van der Waals surface area contributed by atoms with Crippen molar-refractivity contribution in [2.24, 2.45) is 0 Å². The highest BCUT2D eigenvalue weighted by molar-refractivity contribution is 7.91. The first-order chi connectivity index (χ1) is 11.0. The molecule has 0 radical (unpaired) electrons. The molecule has 7 nitrogen and oxygen atoms in total. The second-order valence-corrected chi connectivity index (χ2v) is 8.79. The zero-order chi connectivity index (χ0) is 16.4. The van der Waals surface area contributed by atoms with Crippen molar-refractivity contribution in [1.82, 2.24) is 19.7 Å². The zero-order valence-corrected chi connectivity index (χ0v) is 14.8. The van der Waals surface area contributed by atoms with Gasteiger partial charge in [-0.3, -0.25) is 0 Å². The summed E-state index contributed by atoms with van der Waals surface area (Å²) < 4.78 is 28.2. The average Bonchev–Trinajstić information content (AvgIpc) is 2.88. The molecule has 1 aliphatic heterocycles. The molecule has 3 rings (SSSR count). The van der Waals surface area contributed by atoms with E-state index in [0.717, 1.165) is 30.7 Å². The minimum atomic E-state index is -3.62. The van der Waals surface area contributed by atoms with Crippen LogP contribution in [0.25, 0.3) is 0 Å². The van der Waals surface area contributed by atoms with E-state index in [1.54, 1.807) is 25.4 Å². The third kappa shape index (κ3) is 3.79. The van der Waals surface area contributed by atoms with Crippen LogP contribution < -0.4 is 9.62 Å². The Kier molecular flexibility index (Phi) is 4.81. The van der Waals surface area contributed by atoms with Crippen LogP contribution in [0.5, 0.6) is 0 Å². The second-order valence-electron chi connectivity index (χ2n) is 5.29. The third-order valence-corrected chi connectivity index (χ3v) is 6.94. The minimum absolute atomic E-state index is 0.176. The third-order valence-electron chi connectivity index (χ3n) is 3.55. The molecular weight excluding hydrogens is 358 g/mol. The molecule has 10 heteroatoms. The van der Waals surface area contributed by atoms with Gasteiger partial charge in [-0.25, -0.2) is 28.1 Å². The molecule has 0 saturated carbocycles. The molecule has 0 spiro atoms. The Bertz CT molecular complexity index is 781. The summed E-state index contributed by atoms with van der Waals surface area (Å²) in [5.41, 5.74) is 0.423. The Morgan fingerprint density at radius 1 is 1.39 bits per heavy atom. The van der Waals surface area contributed by atoms with E-state index in [1.165, 1.54) is 0 Å². The number of aryl methyl sites for hydroxylation is 1. The normalized spacial score (nSPS) is 19.0. The number of rotatable bonds is 4. The summed E-state index contributed by atoms with van der Waals surface area (Å²) in [6.45, 7) is 2.99. The highest BCUT2D eigenvalue weighted by Gasteiger charge is 2.28. The van der Waals surface area contributed by atoms with Crippen LogP contribution in [0.2, 0.25) is 4.47 Å². The molecule has 23 heavy (non-hydrogen) atoms. The van der Waals surface area contributed by atoms with E-state index in [4.69, 9.17) is 11.6 Å². The van der Waals surface area contributed by atoms with Crippen molar-refractivity contribution in [1.29, 1.82) is 0 Å². The number of anilines is 1. The van der Waals surface area contributed by atoms with Gasteiger partial charge in [-0.15, -0.1) is 0 Å². The van der Waals surface area contributed by atoms with Crippen molar-refractivity contribution in [3.05, 3.63) is 28.6 Å². The van der Waals surface area contributed by atoms with Gasteiger partial charge < -0.3 is 4.90 Å². The molecule has 124 valence electrons. The van der Waals surface area contributed by atoms with Crippen molar-refractivity contribution in [3.8, 4) is 0 Å². The molecule has 0 bridgehead atoms. The van der Waals surface area contributed by atoms with Crippen molar-refractivity contribution in [2.75, 3.05) is 18.0 Å². The number of hydrogen-bond donors (Lipinski definition) is 1. The van der Waals surface area contributed by atoms with Gasteiger partial charge in [0, 0.05) is 31.5 Å². The van der Waals surface area contributed by atoms with Crippen LogP contribution in [0.1, 0.15) is 18.5 Å². The number of sulfonamides is 1. The van der Waals surface area contributed by atoms with E-state index >= 15 is 0 Å². The van der Waals surface area contributed by atoms with Gasteiger partial charge in [0.15, 0.2) is 8.68 Å². The van der Waals surface area contributed by atoms with Crippen molar-refractivity contribution < 1.29 is 8.42 Å². The highest BCUT2D eigenvalue weighted by atomic mass is 35.5. The molecule has 0 aromatic carbocycles. The van der Waals surface area contributed by atoms with Gasteiger partial charge in [-0.1, -0.05) is 22.9 Å². The topological polar surface area (TPSA) is 88.1 Å². The van der Waals surface area contributed by atoms with Gasteiger partial charge in [-0.2, -0.15) is 0 Å². The molecule has 1 fully saturated rings. The molecule has 2 aromatic heterocycles. The number of nitrogens with one attached hydrogen (secondary N) is 1. The van der Waals surface area contributed by atoms with E-state index in [2.05, 4.69) is 19.7 Å². The summed E-state index contributed by atoms with van der Waals surface area (Å²) in [7, 11) is -3.62. The van der Waals surface area contributed by atoms with E-state index in [9.17, 15) is 8.42 Å². The smallest absolute Gasteiger partial charge is 0.252 e. The van der Waals surface area contributed by atoms with E-state index in [0.29, 0.717) is 18.2 Å². The van der Waals surface area contributed by atoms with Gasteiger partial charge in [0.05, 0.1) is 5.69 Å². The number of aromatic nitrogens is 3. The number of halogens is 1. The first-order valence-corrected chi connectivity index (χ1v) is 9.81.